The summed E-state index contributed by atoms with van der Waals surface area (Å²) in [4.78, 5) is 4.37. The number of halogens is 1. The van der Waals surface area contributed by atoms with Crippen molar-refractivity contribution in [1.82, 2.24) is 4.98 Å². The second kappa shape index (κ2) is 5.36. The van der Waals surface area contributed by atoms with Crippen molar-refractivity contribution in [3.05, 3.63) is 50.7 Å². The molecule has 2 rings (SSSR count). The number of hydrogen-bond acceptors (Lipinski definition) is 3. The van der Waals surface area contributed by atoms with Crippen LogP contribution in [0.5, 0.6) is 0 Å². The van der Waals surface area contributed by atoms with E-state index >= 15 is 0 Å². The van der Waals surface area contributed by atoms with E-state index in [1.165, 1.54) is 0 Å². The minimum Gasteiger partial charge on any atom is -0.339 e. The molecule has 1 aromatic heterocycles. The van der Waals surface area contributed by atoms with Gasteiger partial charge < -0.3 is 5.32 Å². The summed E-state index contributed by atoms with van der Waals surface area (Å²) in [6.07, 6.45) is 0. The van der Waals surface area contributed by atoms with Gasteiger partial charge in [0.25, 0.3) is 0 Å². The molecule has 4 heteroatoms. The zero-order valence-corrected chi connectivity index (χ0v) is 12.3. The molecule has 0 fully saturated rings. The Morgan fingerprint density at radius 2 is 2.00 bits per heavy atom. The maximum absolute atomic E-state index is 9.08. The highest BCUT2D eigenvalue weighted by atomic mass is 127. The standard InChI is InChI=1S/C14H12IN3/c1-9-3-6-12(15)7-13(9)18-14-11(8-16)5-4-10(2)17-14/h3-7H,1-2H3,(H,17,18). The molecular weight excluding hydrogens is 337 g/mol. The lowest BCUT2D eigenvalue weighted by Crippen LogP contribution is -2.00. The van der Waals surface area contributed by atoms with Gasteiger partial charge in [0.2, 0.25) is 0 Å². The molecule has 0 aliphatic carbocycles. The van der Waals surface area contributed by atoms with E-state index in [0.29, 0.717) is 11.4 Å². The highest BCUT2D eigenvalue weighted by molar-refractivity contribution is 14.1. The molecule has 0 atom stereocenters. The summed E-state index contributed by atoms with van der Waals surface area (Å²) >= 11 is 2.26. The fourth-order valence-electron chi connectivity index (χ4n) is 1.60. The van der Waals surface area contributed by atoms with Crippen LogP contribution in [0.2, 0.25) is 0 Å². The molecular formula is C14H12IN3. The Hall–Kier alpha value is -1.61. The summed E-state index contributed by atoms with van der Waals surface area (Å²) in [6.45, 7) is 3.94. The topological polar surface area (TPSA) is 48.7 Å². The van der Waals surface area contributed by atoms with Crippen LogP contribution >= 0.6 is 22.6 Å². The van der Waals surface area contributed by atoms with Gasteiger partial charge in [0, 0.05) is 15.0 Å². The molecule has 0 unspecified atom stereocenters. The minimum atomic E-state index is 0.555. The molecule has 2 aromatic rings. The number of anilines is 2. The lowest BCUT2D eigenvalue weighted by Gasteiger charge is -2.11. The highest BCUT2D eigenvalue weighted by Gasteiger charge is 2.06. The first-order valence-electron chi connectivity index (χ1n) is 5.51. The third-order valence-corrected chi connectivity index (χ3v) is 3.28. The summed E-state index contributed by atoms with van der Waals surface area (Å²) in [7, 11) is 0. The van der Waals surface area contributed by atoms with Crippen LogP contribution < -0.4 is 5.32 Å². The zero-order valence-electron chi connectivity index (χ0n) is 10.2. The molecule has 0 radical (unpaired) electrons. The molecule has 0 saturated heterocycles. The van der Waals surface area contributed by atoms with Crippen molar-refractivity contribution in [1.29, 1.82) is 5.26 Å². The molecule has 1 aromatic carbocycles. The first kappa shape index (κ1) is 12.8. The number of nitrogens with one attached hydrogen (secondary N) is 1. The van der Waals surface area contributed by atoms with Gasteiger partial charge in [-0.05, 0) is 66.3 Å². The van der Waals surface area contributed by atoms with Crippen LogP contribution in [0.25, 0.3) is 0 Å². The van der Waals surface area contributed by atoms with Gasteiger partial charge in [-0.25, -0.2) is 4.98 Å². The monoisotopic (exact) mass is 349 g/mol. The van der Waals surface area contributed by atoms with Crippen molar-refractivity contribution in [2.45, 2.75) is 13.8 Å². The summed E-state index contributed by atoms with van der Waals surface area (Å²) in [5.41, 5.74) is 3.55. The molecule has 3 nitrogen and oxygen atoms in total. The molecule has 1 heterocycles. The second-order valence-electron chi connectivity index (χ2n) is 4.04. The molecule has 0 bridgehead atoms. The van der Waals surface area contributed by atoms with Crippen molar-refractivity contribution >= 4 is 34.1 Å². The van der Waals surface area contributed by atoms with E-state index in [9.17, 15) is 0 Å². The third-order valence-electron chi connectivity index (χ3n) is 2.61. The Labute approximate surface area is 120 Å². The fraction of sp³-hybridized carbons (Fsp3) is 0.143. The number of pyridine rings is 1. The maximum Gasteiger partial charge on any atom is 0.148 e. The SMILES string of the molecule is Cc1ccc(C#N)c(Nc2cc(I)ccc2C)n1. The maximum atomic E-state index is 9.08. The van der Waals surface area contributed by atoms with E-state index in [0.717, 1.165) is 20.5 Å². The summed E-state index contributed by atoms with van der Waals surface area (Å²) < 4.78 is 1.15. The van der Waals surface area contributed by atoms with E-state index in [1.807, 2.05) is 32.0 Å². The van der Waals surface area contributed by atoms with Gasteiger partial charge in [0.1, 0.15) is 11.9 Å². The Morgan fingerprint density at radius 1 is 1.22 bits per heavy atom. The van der Waals surface area contributed by atoms with E-state index in [1.54, 1.807) is 6.07 Å². The van der Waals surface area contributed by atoms with Crippen LogP contribution in [-0.4, -0.2) is 4.98 Å². The van der Waals surface area contributed by atoms with Crippen LogP contribution in [0.1, 0.15) is 16.8 Å². The number of nitriles is 1. The van der Waals surface area contributed by atoms with Gasteiger partial charge in [-0.15, -0.1) is 0 Å². The number of rotatable bonds is 2. The van der Waals surface area contributed by atoms with Crippen molar-refractivity contribution in [2.75, 3.05) is 5.32 Å². The van der Waals surface area contributed by atoms with Crippen molar-refractivity contribution in [2.24, 2.45) is 0 Å². The number of aromatic nitrogens is 1. The van der Waals surface area contributed by atoms with Gasteiger partial charge in [0.15, 0.2) is 0 Å². The Morgan fingerprint density at radius 3 is 2.72 bits per heavy atom. The first-order chi connectivity index (χ1) is 8.60. The van der Waals surface area contributed by atoms with E-state index in [4.69, 9.17) is 5.26 Å². The van der Waals surface area contributed by atoms with E-state index < -0.39 is 0 Å². The van der Waals surface area contributed by atoms with E-state index in [-0.39, 0.29) is 0 Å². The number of aryl methyl sites for hydroxylation is 2. The van der Waals surface area contributed by atoms with Gasteiger partial charge in [0.05, 0.1) is 5.56 Å². The van der Waals surface area contributed by atoms with Crippen molar-refractivity contribution in [3.63, 3.8) is 0 Å². The van der Waals surface area contributed by atoms with Gasteiger partial charge in [-0.2, -0.15) is 5.26 Å². The second-order valence-corrected chi connectivity index (χ2v) is 5.29. The van der Waals surface area contributed by atoms with Crippen LogP contribution in [0, 0.1) is 28.7 Å². The van der Waals surface area contributed by atoms with Crippen LogP contribution in [-0.2, 0) is 0 Å². The van der Waals surface area contributed by atoms with Crippen LogP contribution in [0.4, 0.5) is 11.5 Å². The lowest BCUT2D eigenvalue weighted by atomic mass is 10.2. The molecule has 90 valence electrons. The lowest BCUT2D eigenvalue weighted by molar-refractivity contribution is 1.18. The highest BCUT2D eigenvalue weighted by Crippen LogP contribution is 2.23. The first-order valence-corrected chi connectivity index (χ1v) is 6.59. The fourth-order valence-corrected chi connectivity index (χ4v) is 2.09. The Balaban J connectivity index is 2.43. The molecule has 0 aliphatic rings. The normalized spacial score (nSPS) is 9.89. The number of benzene rings is 1. The number of nitrogens with zero attached hydrogens (tertiary/aromatic N) is 2. The Kier molecular flexibility index (Phi) is 3.82. The Bertz CT molecular complexity index is 629. The molecule has 0 spiro atoms. The predicted molar refractivity (Wildman–Crippen MR) is 80.9 cm³/mol. The molecule has 18 heavy (non-hydrogen) atoms. The van der Waals surface area contributed by atoms with Crippen LogP contribution in [0.15, 0.2) is 30.3 Å². The quantitative estimate of drug-likeness (QED) is 0.836. The summed E-state index contributed by atoms with van der Waals surface area (Å²) in [5, 5.41) is 12.3. The average Bonchev–Trinajstić information content (AvgIpc) is 2.34. The van der Waals surface area contributed by atoms with E-state index in [2.05, 4.69) is 45.0 Å². The average molecular weight is 349 g/mol. The van der Waals surface area contributed by atoms with Gasteiger partial charge in [-0.1, -0.05) is 6.07 Å². The molecule has 1 N–H and O–H groups in total. The third kappa shape index (κ3) is 2.79. The number of hydrogen-bond donors (Lipinski definition) is 1. The van der Waals surface area contributed by atoms with Crippen molar-refractivity contribution < 1.29 is 0 Å². The predicted octanol–water partition coefficient (Wildman–Crippen LogP) is 3.92. The summed E-state index contributed by atoms with van der Waals surface area (Å²) in [6, 6.07) is 11.9. The van der Waals surface area contributed by atoms with Gasteiger partial charge >= 0.3 is 0 Å². The zero-order chi connectivity index (χ0) is 13.1. The smallest absolute Gasteiger partial charge is 0.148 e. The minimum absolute atomic E-state index is 0.555. The molecule has 0 amide bonds. The molecule has 0 aliphatic heterocycles. The van der Waals surface area contributed by atoms with Gasteiger partial charge in [-0.3, -0.25) is 0 Å². The van der Waals surface area contributed by atoms with Crippen LogP contribution in [0.3, 0.4) is 0 Å². The largest absolute Gasteiger partial charge is 0.339 e. The van der Waals surface area contributed by atoms with Crippen molar-refractivity contribution in [3.8, 4) is 6.07 Å². The molecule has 0 saturated carbocycles. The summed E-state index contributed by atoms with van der Waals surface area (Å²) in [5.74, 6) is 0.614.